The minimum atomic E-state index is -2.04. The third-order valence-corrected chi connectivity index (χ3v) is 10.4. The fourth-order valence-corrected chi connectivity index (χ4v) is 7.00. The number of hydrogen-bond acceptors (Lipinski definition) is 14. The second-order valence-corrected chi connectivity index (χ2v) is 14.1. The maximum absolute atomic E-state index is 14.2. The number of methoxy groups -OCH3 is 1. The van der Waals surface area contributed by atoms with E-state index in [0.717, 1.165) is 6.21 Å². The van der Waals surface area contributed by atoms with Gasteiger partial charge in [0.05, 0.1) is 53.0 Å². The number of nitrogens with one attached hydrogen (secondary N) is 2. The van der Waals surface area contributed by atoms with Crippen molar-refractivity contribution in [3.05, 3.63) is 52.8 Å². The van der Waals surface area contributed by atoms with Crippen molar-refractivity contribution in [2.75, 3.05) is 19.5 Å². The summed E-state index contributed by atoms with van der Waals surface area (Å²) in [6, 6.07) is 0. The number of aromatic hydroxyl groups is 3. The molecule has 5 rings (SSSR count). The summed E-state index contributed by atoms with van der Waals surface area (Å²) < 4.78 is 23.4. The van der Waals surface area contributed by atoms with Gasteiger partial charge in [0, 0.05) is 68.2 Å². The maximum atomic E-state index is 14.2. The van der Waals surface area contributed by atoms with E-state index >= 15 is 0 Å². The van der Waals surface area contributed by atoms with Crippen LogP contribution in [0.1, 0.15) is 70.0 Å². The number of carbonyl (C=O) groups is 3. The Morgan fingerprint density at radius 3 is 2.26 bits per heavy atom. The molecule has 0 spiro atoms. The summed E-state index contributed by atoms with van der Waals surface area (Å²) in [6.07, 6.45) is 4.62. The van der Waals surface area contributed by atoms with Crippen molar-refractivity contribution in [2.24, 2.45) is 28.8 Å². The number of phenolic OH excluding ortho intramolecular Hbond substituents is 3. The highest BCUT2D eigenvalue weighted by atomic mass is 16.7. The fraction of sp³-hybridized carbons (Fsp3) is 0.487. The molecule has 1 amide bonds. The number of hydrogen-bond donors (Lipinski definition) is 7. The first-order valence-corrected chi connectivity index (χ1v) is 17.6. The molecule has 7 N–H and O–H groups in total. The molecular formula is C39H51N3O12. The number of amides is 1. The van der Waals surface area contributed by atoms with Crippen molar-refractivity contribution in [2.45, 2.75) is 85.6 Å². The molecule has 0 radical (unpaired) electrons. The highest BCUT2D eigenvalue weighted by Gasteiger charge is 2.50. The average Bonchev–Trinajstić information content (AvgIpc) is 3.39. The monoisotopic (exact) mass is 753 g/mol. The third-order valence-electron chi connectivity index (χ3n) is 10.4. The SMILES string of the molecule is CN/N=C/c1c2c(O)c3c(O)c(C)c4c(c3c1O)C(=O)C(C)(O/C=C/C(OC)C(C)C(OC(C)=O)C(C)C(O)C(C)C(O)C(C)/C=C/C=C(/C)C(=O)N2)O4. The molecule has 3 aliphatic heterocycles. The fourth-order valence-electron chi connectivity index (χ4n) is 7.00. The second-order valence-electron chi connectivity index (χ2n) is 14.1. The van der Waals surface area contributed by atoms with E-state index < -0.39 is 88.8 Å². The number of ketones is 1. The minimum Gasteiger partial charge on any atom is -0.507 e. The van der Waals surface area contributed by atoms with Gasteiger partial charge in [-0.05, 0) is 19.9 Å². The molecule has 3 aliphatic rings. The number of fused-ring (bicyclic) bond motifs is 14. The quantitative estimate of drug-likeness (QED) is 0.0761. The number of benzene rings is 2. The number of aliphatic hydroxyl groups excluding tert-OH is 2. The van der Waals surface area contributed by atoms with E-state index in [1.807, 2.05) is 0 Å². The summed E-state index contributed by atoms with van der Waals surface area (Å²) in [7, 11) is 2.91. The summed E-state index contributed by atoms with van der Waals surface area (Å²) in [5.74, 6) is -8.46. The minimum absolute atomic E-state index is 0.0446. The van der Waals surface area contributed by atoms with Gasteiger partial charge in [0.25, 0.3) is 11.7 Å². The normalized spacial score (nSPS) is 31.7. The summed E-state index contributed by atoms with van der Waals surface area (Å²) >= 11 is 0. The summed E-state index contributed by atoms with van der Waals surface area (Å²) in [6.45, 7) is 12.4. The highest BCUT2D eigenvalue weighted by Crippen LogP contribution is 2.55. The Hall–Kier alpha value is -5.12. The molecule has 54 heavy (non-hydrogen) atoms. The van der Waals surface area contributed by atoms with E-state index in [4.69, 9.17) is 18.9 Å². The lowest BCUT2D eigenvalue weighted by Gasteiger charge is -2.38. The average molecular weight is 754 g/mol. The van der Waals surface area contributed by atoms with E-state index in [0.29, 0.717) is 0 Å². The van der Waals surface area contributed by atoms with Gasteiger partial charge >= 0.3 is 11.8 Å². The van der Waals surface area contributed by atoms with Gasteiger partial charge in [0.15, 0.2) is 5.75 Å². The van der Waals surface area contributed by atoms with E-state index in [-0.39, 0.29) is 44.5 Å². The van der Waals surface area contributed by atoms with Gasteiger partial charge < -0.3 is 55.2 Å². The Labute approximate surface area is 313 Å². The molecule has 0 saturated carbocycles. The van der Waals surface area contributed by atoms with E-state index in [1.54, 1.807) is 39.8 Å². The predicted molar refractivity (Wildman–Crippen MR) is 200 cm³/mol. The molecule has 2 aromatic carbocycles. The van der Waals surface area contributed by atoms with Crippen LogP contribution in [0.5, 0.6) is 23.0 Å². The first-order chi connectivity index (χ1) is 25.3. The number of rotatable bonds is 4. The molecule has 0 fully saturated rings. The lowest BCUT2D eigenvalue weighted by atomic mass is 9.78. The van der Waals surface area contributed by atoms with Crippen molar-refractivity contribution in [1.29, 1.82) is 0 Å². The number of allylic oxidation sites excluding steroid dienone is 2. The van der Waals surface area contributed by atoms with Gasteiger partial charge in [-0.2, -0.15) is 5.10 Å². The number of ether oxygens (including phenoxy) is 4. The third kappa shape index (κ3) is 7.74. The Balaban J connectivity index is 1.96. The molecule has 5 bridgehead atoms. The zero-order valence-corrected chi connectivity index (χ0v) is 32.1. The van der Waals surface area contributed by atoms with Crippen LogP contribution in [0.25, 0.3) is 10.8 Å². The van der Waals surface area contributed by atoms with E-state index in [1.165, 1.54) is 60.3 Å². The second kappa shape index (κ2) is 16.5. The molecule has 15 nitrogen and oxygen atoms in total. The van der Waals surface area contributed by atoms with Crippen LogP contribution in [0.2, 0.25) is 0 Å². The Morgan fingerprint density at radius 1 is 0.981 bits per heavy atom. The lowest BCUT2D eigenvalue weighted by molar-refractivity contribution is -0.160. The number of esters is 1. The number of hydrazone groups is 1. The molecule has 0 aliphatic carbocycles. The molecule has 294 valence electrons. The number of nitrogens with zero attached hydrogens (tertiary/aromatic N) is 1. The van der Waals surface area contributed by atoms with Gasteiger partial charge in [-0.25, -0.2) is 0 Å². The predicted octanol–water partition coefficient (Wildman–Crippen LogP) is 4.31. The number of phenols is 3. The van der Waals surface area contributed by atoms with Crippen molar-refractivity contribution in [1.82, 2.24) is 5.43 Å². The van der Waals surface area contributed by atoms with Crippen LogP contribution in [0, 0.1) is 30.6 Å². The van der Waals surface area contributed by atoms with Crippen LogP contribution in [0.4, 0.5) is 5.69 Å². The summed E-state index contributed by atoms with van der Waals surface area (Å²) in [4.78, 5) is 39.9. The van der Waals surface area contributed by atoms with Gasteiger partial charge in [0.2, 0.25) is 0 Å². The maximum Gasteiger partial charge on any atom is 0.312 e. The highest BCUT2D eigenvalue weighted by molar-refractivity contribution is 6.23. The molecule has 9 atom stereocenters. The lowest BCUT2D eigenvalue weighted by Crippen LogP contribution is -2.46. The first-order valence-electron chi connectivity index (χ1n) is 17.6. The van der Waals surface area contributed by atoms with Gasteiger partial charge in [-0.3, -0.25) is 14.4 Å². The number of carbonyl (C=O) groups excluding carboxylic acids is 3. The molecule has 0 saturated heterocycles. The Bertz CT molecular complexity index is 1920. The van der Waals surface area contributed by atoms with Gasteiger partial charge in [-0.15, -0.1) is 0 Å². The van der Waals surface area contributed by atoms with Crippen LogP contribution >= 0.6 is 0 Å². The van der Waals surface area contributed by atoms with Crippen LogP contribution in [0.15, 0.2) is 41.2 Å². The van der Waals surface area contributed by atoms with Crippen molar-refractivity contribution < 1.29 is 58.9 Å². The smallest absolute Gasteiger partial charge is 0.312 e. The zero-order chi connectivity index (χ0) is 40.4. The van der Waals surface area contributed by atoms with E-state index in [9.17, 15) is 39.9 Å². The number of Topliss-reactive ketones (excluding diaryl/α,β-unsaturated/α-hetero) is 1. The summed E-state index contributed by atoms with van der Waals surface area (Å²) in [5, 5.41) is 63.4. The first kappa shape index (κ1) is 41.6. The molecule has 2 aromatic rings. The molecule has 3 heterocycles. The molecule has 9 unspecified atom stereocenters. The molecular weight excluding hydrogens is 702 g/mol. The zero-order valence-electron chi connectivity index (χ0n) is 32.1. The van der Waals surface area contributed by atoms with Crippen molar-refractivity contribution in [3.63, 3.8) is 0 Å². The molecule has 15 heteroatoms. The standard InChI is InChI=1S/C39H51N3O12/c1-17-12-11-13-18(2)38(50)42-29-24(16-41-40-9)33(47)26-27(34(29)48)32(46)22(6)36-28(26)37(49)39(8,54-36)52-15-14-25(51-10)19(3)35(53-23(7)43)21(5)31(45)20(4)30(17)44/h11-17,19-21,25,30-31,35,40,44-48H,1-10H3,(H,42,50)/b12-11+,15-14+,18-13-,41-16+. The van der Waals surface area contributed by atoms with Crippen molar-refractivity contribution >= 4 is 40.3 Å². The van der Waals surface area contributed by atoms with E-state index in [2.05, 4.69) is 15.8 Å². The van der Waals surface area contributed by atoms with Gasteiger partial charge in [-0.1, -0.05) is 45.9 Å². The van der Waals surface area contributed by atoms with Crippen LogP contribution in [-0.4, -0.2) is 93.8 Å². The van der Waals surface area contributed by atoms with Crippen LogP contribution < -0.4 is 15.5 Å². The molecule has 0 aromatic heterocycles. The Kier molecular flexibility index (Phi) is 12.7. The number of aliphatic hydroxyl groups is 2. The topological polar surface area (TPSA) is 226 Å². The summed E-state index contributed by atoms with van der Waals surface area (Å²) in [5.41, 5.74) is 2.05. The largest absolute Gasteiger partial charge is 0.507 e. The van der Waals surface area contributed by atoms with Gasteiger partial charge in [0.1, 0.15) is 23.4 Å². The van der Waals surface area contributed by atoms with Crippen molar-refractivity contribution in [3.8, 4) is 23.0 Å². The van der Waals surface area contributed by atoms with Crippen LogP contribution in [-0.2, 0) is 23.8 Å². The van der Waals surface area contributed by atoms with Crippen LogP contribution in [0.3, 0.4) is 0 Å². The Morgan fingerprint density at radius 2 is 1.65 bits per heavy atom. The number of anilines is 1.